The van der Waals surface area contributed by atoms with Crippen molar-refractivity contribution in [1.29, 1.82) is 5.26 Å². The van der Waals surface area contributed by atoms with E-state index in [0.717, 1.165) is 0 Å². The van der Waals surface area contributed by atoms with E-state index in [1.165, 1.54) is 13.3 Å². The van der Waals surface area contributed by atoms with E-state index in [1.54, 1.807) is 41.0 Å². The normalized spacial score (nSPS) is 15.8. The molecule has 0 aliphatic heterocycles. The second kappa shape index (κ2) is 9.69. The lowest BCUT2D eigenvalue weighted by Crippen LogP contribution is -2.44. The Morgan fingerprint density at radius 1 is 1.19 bits per heavy atom. The Labute approximate surface area is 215 Å². The molecule has 1 fully saturated rings. The third kappa shape index (κ3) is 5.48. The van der Waals surface area contributed by atoms with Gasteiger partial charge in [0, 0.05) is 34.8 Å². The highest BCUT2D eigenvalue weighted by Crippen LogP contribution is 2.42. The first-order valence-corrected chi connectivity index (χ1v) is 13.6. The van der Waals surface area contributed by atoms with Gasteiger partial charge in [0.2, 0.25) is 10.0 Å². The number of ether oxygens (including phenoxy) is 1. The Bertz CT molecular complexity index is 1460. The standard InChI is InChI=1S/C27H30F3N3O3S/c1-26(2,3)16-33-15-21(25(27(28,29)30)32-37(34,35)19-8-6-9-19)20-12-11-17(13-22(20)33)24-18(14-31)7-5-10-23(24)36-4/h5,7,10-13,15,19,25,32H,6,8-9,16H2,1-4H3/t25-/m0/s1. The molecule has 0 unspecified atom stereocenters. The predicted octanol–water partition coefficient (Wildman–Crippen LogP) is 6.31. The number of aromatic nitrogens is 1. The molecule has 0 amide bonds. The van der Waals surface area contributed by atoms with Crippen LogP contribution < -0.4 is 9.46 Å². The fraction of sp³-hybridized carbons (Fsp3) is 0.444. The molecule has 1 aliphatic carbocycles. The number of rotatable bonds is 7. The van der Waals surface area contributed by atoms with Crippen LogP contribution in [0.4, 0.5) is 13.2 Å². The second-order valence-electron chi connectivity index (χ2n) is 10.7. The van der Waals surface area contributed by atoms with Crippen LogP contribution >= 0.6 is 0 Å². The number of methoxy groups -OCH3 is 1. The Kier molecular flexibility index (Phi) is 7.08. The van der Waals surface area contributed by atoms with E-state index in [2.05, 4.69) is 6.07 Å². The summed E-state index contributed by atoms with van der Waals surface area (Å²) >= 11 is 0. The van der Waals surface area contributed by atoms with Crippen LogP contribution in [0.5, 0.6) is 5.75 Å². The van der Waals surface area contributed by atoms with Gasteiger partial charge in [0.25, 0.3) is 0 Å². The highest BCUT2D eigenvalue weighted by atomic mass is 32.2. The summed E-state index contributed by atoms with van der Waals surface area (Å²) in [5.74, 6) is 0.467. The van der Waals surface area contributed by atoms with Crippen LogP contribution in [-0.4, -0.2) is 31.5 Å². The topological polar surface area (TPSA) is 84.1 Å². The maximum absolute atomic E-state index is 14.3. The molecule has 1 atom stereocenters. The smallest absolute Gasteiger partial charge is 0.408 e. The van der Waals surface area contributed by atoms with Gasteiger partial charge in [-0.15, -0.1) is 0 Å². The van der Waals surface area contributed by atoms with Crippen LogP contribution in [0.25, 0.3) is 22.0 Å². The molecule has 1 heterocycles. The van der Waals surface area contributed by atoms with Gasteiger partial charge >= 0.3 is 6.18 Å². The van der Waals surface area contributed by atoms with Crippen LogP contribution in [0, 0.1) is 16.7 Å². The first kappa shape index (κ1) is 27.0. The number of hydrogen-bond donors (Lipinski definition) is 1. The van der Waals surface area contributed by atoms with E-state index in [1.807, 2.05) is 25.5 Å². The van der Waals surface area contributed by atoms with Gasteiger partial charge < -0.3 is 9.30 Å². The zero-order valence-electron chi connectivity index (χ0n) is 21.2. The summed E-state index contributed by atoms with van der Waals surface area (Å²) < 4.78 is 77.7. The summed E-state index contributed by atoms with van der Waals surface area (Å²) in [4.78, 5) is 0. The van der Waals surface area contributed by atoms with E-state index in [9.17, 15) is 26.9 Å². The molecule has 0 bridgehead atoms. The molecule has 6 nitrogen and oxygen atoms in total. The summed E-state index contributed by atoms with van der Waals surface area (Å²) in [5.41, 5.74) is 1.60. The Hall–Kier alpha value is -3.03. The number of sulfonamides is 1. The summed E-state index contributed by atoms with van der Waals surface area (Å²) in [5, 5.41) is 9.15. The average molecular weight is 534 g/mol. The summed E-state index contributed by atoms with van der Waals surface area (Å²) in [7, 11) is -2.66. The predicted molar refractivity (Wildman–Crippen MR) is 137 cm³/mol. The van der Waals surface area contributed by atoms with Gasteiger partial charge in [-0.05, 0) is 42.0 Å². The number of alkyl halides is 3. The van der Waals surface area contributed by atoms with Crippen LogP contribution in [0.2, 0.25) is 0 Å². The Balaban J connectivity index is 1.92. The van der Waals surface area contributed by atoms with E-state index in [4.69, 9.17) is 4.74 Å². The Morgan fingerprint density at radius 3 is 2.43 bits per heavy atom. The minimum absolute atomic E-state index is 0.151. The maximum atomic E-state index is 14.3. The van der Waals surface area contributed by atoms with Crippen molar-refractivity contribution in [2.75, 3.05) is 7.11 Å². The molecule has 1 aromatic heterocycles. The summed E-state index contributed by atoms with van der Waals surface area (Å²) in [6, 6.07) is 9.76. The third-order valence-corrected chi connectivity index (χ3v) is 8.54. The quantitative estimate of drug-likeness (QED) is 0.386. The minimum atomic E-state index is -4.84. The van der Waals surface area contributed by atoms with Gasteiger partial charge in [-0.2, -0.15) is 23.2 Å². The van der Waals surface area contributed by atoms with E-state index in [-0.39, 0.29) is 11.0 Å². The average Bonchev–Trinajstić information content (AvgIpc) is 3.10. The molecular weight excluding hydrogens is 503 g/mol. The SMILES string of the molecule is COc1cccc(C#N)c1-c1ccc2c([C@H](NS(=O)(=O)C3CCC3)C(F)(F)F)cn(CC(C)(C)C)c2c1. The first-order valence-electron chi connectivity index (χ1n) is 12.0. The van der Waals surface area contributed by atoms with Gasteiger partial charge in [0.05, 0.1) is 24.0 Å². The highest BCUT2D eigenvalue weighted by Gasteiger charge is 2.46. The number of hydrogen-bond acceptors (Lipinski definition) is 4. The fourth-order valence-corrected chi connectivity index (χ4v) is 6.42. The Morgan fingerprint density at radius 2 is 1.89 bits per heavy atom. The molecule has 1 aliphatic rings. The van der Waals surface area contributed by atoms with Crippen molar-refractivity contribution < 1.29 is 26.3 Å². The van der Waals surface area contributed by atoms with Crippen molar-refractivity contribution >= 4 is 20.9 Å². The minimum Gasteiger partial charge on any atom is -0.496 e. The number of fused-ring (bicyclic) bond motifs is 1. The summed E-state index contributed by atoms with van der Waals surface area (Å²) in [6.07, 6.45) is -2.05. The van der Waals surface area contributed by atoms with Crippen molar-refractivity contribution in [2.45, 2.75) is 64.0 Å². The second-order valence-corrected chi connectivity index (χ2v) is 12.7. The number of nitrogens with one attached hydrogen (secondary N) is 1. The van der Waals surface area contributed by atoms with Crippen LogP contribution in [-0.2, 0) is 16.6 Å². The van der Waals surface area contributed by atoms with Gasteiger partial charge in [0.15, 0.2) is 0 Å². The largest absolute Gasteiger partial charge is 0.496 e. The van der Waals surface area contributed by atoms with Gasteiger partial charge in [-0.3, -0.25) is 0 Å². The van der Waals surface area contributed by atoms with Crippen LogP contribution in [0.3, 0.4) is 0 Å². The lowest BCUT2D eigenvalue weighted by Gasteiger charge is -2.29. The van der Waals surface area contributed by atoms with Crippen molar-refractivity contribution in [1.82, 2.24) is 9.29 Å². The van der Waals surface area contributed by atoms with E-state index >= 15 is 0 Å². The highest BCUT2D eigenvalue weighted by molar-refractivity contribution is 7.90. The lowest BCUT2D eigenvalue weighted by molar-refractivity contribution is -0.152. The van der Waals surface area contributed by atoms with Crippen molar-refractivity contribution in [3.05, 3.63) is 53.7 Å². The maximum Gasteiger partial charge on any atom is 0.408 e. The van der Waals surface area contributed by atoms with Gasteiger partial charge in [-0.25, -0.2) is 8.42 Å². The molecule has 198 valence electrons. The third-order valence-electron chi connectivity index (χ3n) is 6.62. The molecule has 4 rings (SSSR count). The molecule has 3 aromatic rings. The first-order chi connectivity index (χ1) is 17.2. The molecule has 37 heavy (non-hydrogen) atoms. The number of nitrogens with zero attached hydrogens (tertiary/aromatic N) is 2. The molecule has 0 saturated heterocycles. The lowest BCUT2D eigenvalue weighted by atomic mass is 9.96. The molecule has 0 radical (unpaired) electrons. The molecule has 1 N–H and O–H groups in total. The van der Waals surface area contributed by atoms with Crippen molar-refractivity contribution in [2.24, 2.45) is 5.41 Å². The summed E-state index contributed by atoms with van der Waals surface area (Å²) in [6.45, 7) is 6.30. The van der Waals surface area contributed by atoms with E-state index in [0.29, 0.717) is 59.2 Å². The zero-order valence-corrected chi connectivity index (χ0v) is 22.0. The van der Waals surface area contributed by atoms with Gasteiger partial charge in [0.1, 0.15) is 11.8 Å². The number of nitriles is 1. The molecule has 0 spiro atoms. The molecule has 1 saturated carbocycles. The molecular formula is C27H30F3N3O3S. The van der Waals surface area contributed by atoms with Crippen molar-refractivity contribution in [3.8, 4) is 22.9 Å². The van der Waals surface area contributed by atoms with Crippen LogP contribution in [0.1, 0.15) is 57.2 Å². The molecule has 10 heteroatoms. The fourth-order valence-electron chi connectivity index (χ4n) is 4.69. The van der Waals surface area contributed by atoms with Crippen molar-refractivity contribution in [3.63, 3.8) is 0 Å². The molecule has 2 aromatic carbocycles. The number of halogens is 3. The van der Waals surface area contributed by atoms with E-state index < -0.39 is 27.5 Å². The van der Waals surface area contributed by atoms with Gasteiger partial charge in [-0.1, -0.05) is 45.4 Å². The zero-order chi connectivity index (χ0) is 27.2. The monoisotopic (exact) mass is 533 g/mol. The number of benzene rings is 2. The van der Waals surface area contributed by atoms with Crippen LogP contribution in [0.15, 0.2) is 42.6 Å².